The third kappa shape index (κ3) is 3.88. The maximum atomic E-state index is 12.7. The minimum Gasteiger partial charge on any atom is -0.496 e. The fourth-order valence-corrected chi connectivity index (χ4v) is 2.85. The van der Waals surface area contributed by atoms with Crippen LogP contribution in [0, 0.1) is 0 Å². The number of benzene rings is 2. The molecule has 0 unspecified atom stereocenters. The van der Waals surface area contributed by atoms with Crippen LogP contribution < -0.4 is 10.1 Å². The molecule has 1 aromatic heterocycles. The Morgan fingerprint density at radius 2 is 1.79 bits per heavy atom. The van der Waals surface area contributed by atoms with Gasteiger partial charge >= 0.3 is 0 Å². The zero-order valence-corrected chi connectivity index (χ0v) is 16.3. The molecule has 0 aliphatic heterocycles. The lowest BCUT2D eigenvalue weighted by molar-refractivity contribution is 0.0824. The summed E-state index contributed by atoms with van der Waals surface area (Å²) in [6, 6.07) is 16.4. The Hall–Kier alpha value is -3.61. The van der Waals surface area contributed by atoms with Crippen molar-refractivity contribution in [3.8, 4) is 17.0 Å². The van der Waals surface area contributed by atoms with E-state index in [0.29, 0.717) is 17.0 Å². The van der Waals surface area contributed by atoms with Crippen LogP contribution in [-0.4, -0.2) is 47.7 Å². The molecule has 0 saturated heterocycles. The molecule has 0 saturated carbocycles. The SMILES string of the molecule is COc1ccc(NC(=O)c2cc(-c3ccccc3)n(C)n2)cc1C(=O)N(C)C. The molecule has 7 heteroatoms. The quantitative estimate of drug-likeness (QED) is 0.740. The first-order valence-corrected chi connectivity index (χ1v) is 8.71. The third-order valence-electron chi connectivity index (χ3n) is 4.28. The number of ether oxygens (including phenoxy) is 1. The van der Waals surface area contributed by atoms with Gasteiger partial charge in [0, 0.05) is 26.8 Å². The van der Waals surface area contributed by atoms with Gasteiger partial charge in [-0.05, 0) is 29.8 Å². The Bertz CT molecular complexity index is 1010. The van der Waals surface area contributed by atoms with Crippen molar-refractivity contribution in [2.24, 2.45) is 7.05 Å². The summed E-state index contributed by atoms with van der Waals surface area (Å²) in [5.41, 5.74) is 2.96. The third-order valence-corrected chi connectivity index (χ3v) is 4.28. The number of aromatic nitrogens is 2. The normalized spacial score (nSPS) is 10.4. The lowest BCUT2D eigenvalue weighted by Gasteiger charge is -2.14. The lowest BCUT2D eigenvalue weighted by Crippen LogP contribution is -2.22. The summed E-state index contributed by atoms with van der Waals surface area (Å²) in [5, 5.41) is 7.10. The first-order valence-electron chi connectivity index (χ1n) is 8.71. The standard InChI is InChI=1S/C21H22N4O3/c1-24(2)21(27)16-12-15(10-11-19(16)28-4)22-20(26)17-13-18(25(3)23-17)14-8-6-5-7-9-14/h5-13H,1-4H3,(H,22,26). The van der Waals surface area contributed by atoms with Crippen LogP contribution in [0.2, 0.25) is 0 Å². The summed E-state index contributed by atoms with van der Waals surface area (Å²) in [6.07, 6.45) is 0. The number of nitrogens with zero attached hydrogens (tertiary/aromatic N) is 3. The first-order chi connectivity index (χ1) is 13.4. The fourth-order valence-electron chi connectivity index (χ4n) is 2.85. The molecule has 144 valence electrons. The predicted octanol–water partition coefficient (Wildman–Crippen LogP) is 3.05. The highest BCUT2D eigenvalue weighted by Gasteiger charge is 2.18. The molecule has 0 atom stereocenters. The molecule has 2 aromatic carbocycles. The van der Waals surface area contributed by atoms with Crippen molar-refractivity contribution in [1.29, 1.82) is 0 Å². The molecule has 28 heavy (non-hydrogen) atoms. The number of anilines is 1. The van der Waals surface area contributed by atoms with E-state index in [1.54, 1.807) is 50.1 Å². The molecule has 0 aliphatic rings. The summed E-state index contributed by atoms with van der Waals surface area (Å²) in [5.74, 6) is -0.121. The Kier molecular flexibility index (Phi) is 5.44. The van der Waals surface area contributed by atoms with Gasteiger partial charge in [-0.2, -0.15) is 5.10 Å². The Morgan fingerprint density at radius 3 is 2.43 bits per heavy atom. The maximum absolute atomic E-state index is 12.7. The largest absolute Gasteiger partial charge is 0.496 e. The smallest absolute Gasteiger partial charge is 0.276 e. The van der Waals surface area contributed by atoms with Crippen LogP contribution in [0.25, 0.3) is 11.3 Å². The summed E-state index contributed by atoms with van der Waals surface area (Å²) >= 11 is 0. The van der Waals surface area contributed by atoms with E-state index in [1.165, 1.54) is 12.0 Å². The summed E-state index contributed by atoms with van der Waals surface area (Å²) in [6.45, 7) is 0. The molecule has 3 rings (SSSR count). The molecule has 0 bridgehead atoms. The highest BCUT2D eigenvalue weighted by atomic mass is 16.5. The molecular weight excluding hydrogens is 356 g/mol. The summed E-state index contributed by atoms with van der Waals surface area (Å²) in [7, 11) is 6.61. The van der Waals surface area contributed by atoms with Crippen LogP contribution in [0.3, 0.4) is 0 Å². The van der Waals surface area contributed by atoms with Crippen LogP contribution in [0.5, 0.6) is 5.75 Å². The van der Waals surface area contributed by atoms with E-state index < -0.39 is 0 Å². The second-order valence-corrected chi connectivity index (χ2v) is 6.47. The maximum Gasteiger partial charge on any atom is 0.276 e. The number of methoxy groups -OCH3 is 1. The summed E-state index contributed by atoms with van der Waals surface area (Å²) in [4.78, 5) is 26.5. The van der Waals surface area contributed by atoms with Crippen LogP contribution in [0.15, 0.2) is 54.6 Å². The van der Waals surface area contributed by atoms with Gasteiger partial charge in [0.1, 0.15) is 5.75 Å². The molecule has 1 heterocycles. The number of nitrogens with one attached hydrogen (secondary N) is 1. The van der Waals surface area contributed by atoms with E-state index in [9.17, 15) is 9.59 Å². The van der Waals surface area contributed by atoms with E-state index in [0.717, 1.165) is 11.3 Å². The highest BCUT2D eigenvalue weighted by Crippen LogP contribution is 2.25. The Labute approximate surface area is 163 Å². The van der Waals surface area contributed by atoms with Gasteiger partial charge in [-0.25, -0.2) is 0 Å². The van der Waals surface area contributed by atoms with Crippen molar-refractivity contribution in [3.05, 3.63) is 65.9 Å². The van der Waals surface area contributed by atoms with Gasteiger partial charge in [-0.1, -0.05) is 30.3 Å². The van der Waals surface area contributed by atoms with Gasteiger partial charge in [-0.3, -0.25) is 14.3 Å². The Morgan fingerprint density at radius 1 is 1.07 bits per heavy atom. The zero-order valence-electron chi connectivity index (χ0n) is 16.3. The molecule has 2 amide bonds. The second kappa shape index (κ2) is 7.96. The van der Waals surface area contributed by atoms with Gasteiger partial charge in [-0.15, -0.1) is 0 Å². The van der Waals surface area contributed by atoms with Crippen LogP contribution in [0.1, 0.15) is 20.8 Å². The number of carbonyl (C=O) groups excluding carboxylic acids is 2. The van der Waals surface area contributed by atoms with Gasteiger partial charge in [0.15, 0.2) is 5.69 Å². The van der Waals surface area contributed by atoms with Crippen molar-refractivity contribution in [2.75, 3.05) is 26.5 Å². The molecule has 1 N–H and O–H groups in total. The Balaban J connectivity index is 1.86. The molecular formula is C21H22N4O3. The predicted molar refractivity (Wildman–Crippen MR) is 108 cm³/mol. The van der Waals surface area contributed by atoms with E-state index in [1.807, 2.05) is 30.3 Å². The highest BCUT2D eigenvalue weighted by molar-refractivity contribution is 6.05. The van der Waals surface area contributed by atoms with Gasteiger partial charge < -0.3 is 15.0 Å². The van der Waals surface area contributed by atoms with Crippen molar-refractivity contribution >= 4 is 17.5 Å². The van der Waals surface area contributed by atoms with E-state index >= 15 is 0 Å². The second-order valence-electron chi connectivity index (χ2n) is 6.47. The molecule has 0 spiro atoms. The minimum absolute atomic E-state index is 0.211. The fraction of sp³-hybridized carbons (Fsp3) is 0.190. The average Bonchev–Trinajstić information content (AvgIpc) is 3.09. The summed E-state index contributed by atoms with van der Waals surface area (Å²) < 4.78 is 6.92. The van der Waals surface area contributed by atoms with Crippen LogP contribution >= 0.6 is 0 Å². The number of carbonyl (C=O) groups is 2. The number of amides is 2. The molecule has 3 aromatic rings. The average molecular weight is 378 g/mol. The van der Waals surface area contributed by atoms with Gasteiger partial charge in [0.2, 0.25) is 0 Å². The van der Waals surface area contributed by atoms with Crippen molar-refractivity contribution in [3.63, 3.8) is 0 Å². The van der Waals surface area contributed by atoms with Crippen molar-refractivity contribution in [1.82, 2.24) is 14.7 Å². The monoisotopic (exact) mass is 378 g/mol. The van der Waals surface area contributed by atoms with Crippen LogP contribution in [0.4, 0.5) is 5.69 Å². The number of rotatable bonds is 5. The van der Waals surface area contributed by atoms with Crippen molar-refractivity contribution < 1.29 is 14.3 Å². The zero-order chi connectivity index (χ0) is 20.3. The number of hydrogen-bond acceptors (Lipinski definition) is 4. The topological polar surface area (TPSA) is 76.5 Å². The van der Waals surface area contributed by atoms with E-state index in [-0.39, 0.29) is 17.5 Å². The van der Waals surface area contributed by atoms with Gasteiger partial charge in [0.05, 0.1) is 18.4 Å². The van der Waals surface area contributed by atoms with Crippen molar-refractivity contribution in [2.45, 2.75) is 0 Å². The van der Waals surface area contributed by atoms with Gasteiger partial charge in [0.25, 0.3) is 11.8 Å². The first kappa shape index (κ1) is 19.2. The van der Waals surface area contributed by atoms with Crippen LogP contribution in [-0.2, 0) is 7.05 Å². The molecule has 0 fully saturated rings. The van der Waals surface area contributed by atoms with E-state index in [4.69, 9.17) is 4.74 Å². The molecule has 7 nitrogen and oxygen atoms in total. The number of hydrogen-bond donors (Lipinski definition) is 1. The molecule has 0 radical (unpaired) electrons. The lowest BCUT2D eigenvalue weighted by atomic mass is 10.1. The minimum atomic E-state index is -0.355. The number of aryl methyl sites for hydroxylation is 1. The van der Waals surface area contributed by atoms with E-state index in [2.05, 4.69) is 10.4 Å². The molecule has 0 aliphatic carbocycles.